The van der Waals surface area contributed by atoms with Crippen LogP contribution in [-0.2, 0) is 0 Å². The van der Waals surface area contributed by atoms with Crippen LogP contribution in [0.2, 0.25) is 5.15 Å². The van der Waals surface area contributed by atoms with Crippen LogP contribution in [0.3, 0.4) is 0 Å². The van der Waals surface area contributed by atoms with E-state index in [0.29, 0.717) is 5.15 Å². The van der Waals surface area contributed by atoms with Gasteiger partial charge < -0.3 is 5.32 Å². The highest BCUT2D eigenvalue weighted by Crippen LogP contribution is 2.36. The van der Waals surface area contributed by atoms with Crippen molar-refractivity contribution in [3.8, 4) is 0 Å². The number of rotatable bonds is 4. The van der Waals surface area contributed by atoms with Crippen LogP contribution in [0.15, 0.2) is 18.2 Å². The highest BCUT2D eigenvalue weighted by atomic mass is 35.5. The lowest BCUT2D eigenvalue weighted by Crippen LogP contribution is -2.13. The third-order valence-electron chi connectivity index (χ3n) is 2.75. The number of anilines is 1. The molecule has 2 rings (SSSR count). The fraction of sp³-hybridized carbons (Fsp3) is 0.545. The van der Waals surface area contributed by atoms with Gasteiger partial charge in [0.1, 0.15) is 11.0 Å². The topological polar surface area (TPSA) is 24.9 Å². The zero-order valence-electron chi connectivity index (χ0n) is 8.33. The van der Waals surface area contributed by atoms with Gasteiger partial charge in [-0.3, -0.25) is 0 Å². The van der Waals surface area contributed by atoms with Crippen molar-refractivity contribution in [2.24, 2.45) is 11.8 Å². The molecule has 0 radical (unpaired) electrons. The second kappa shape index (κ2) is 4.18. The lowest BCUT2D eigenvalue weighted by atomic mass is 10.1. The minimum absolute atomic E-state index is 0.550. The Hall–Kier alpha value is -0.760. The molecule has 1 aliphatic carbocycles. The molecule has 1 aliphatic rings. The summed E-state index contributed by atoms with van der Waals surface area (Å²) < 4.78 is 0. The molecule has 0 spiro atoms. The molecule has 0 bridgehead atoms. The maximum absolute atomic E-state index is 5.78. The Bertz CT molecular complexity index is 310. The number of nitrogens with zero attached hydrogens (tertiary/aromatic N) is 1. The van der Waals surface area contributed by atoms with Gasteiger partial charge in [0.15, 0.2) is 0 Å². The smallest absolute Gasteiger partial charge is 0.131 e. The Morgan fingerprint density at radius 2 is 2.36 bits per heavy atom. The van der Waals surface area contributed by atoms with Crippen LogP contribution in [0.4, 0.5) is 5.82 Å². The summed E-state index contributed by atoms with van der Waals surface area (Å²) in [7, 11) is 0. The van der Waals surface area contributed by atoms with Crippen LogP contribution in [0, 0.1) is 11.8 Å². The van der Waals surface area contributed by atoms with Crippen molar-refractivity contribution in [1.82, 2.24) is 4.98 Å². The lowest BCUT2D eigenvalue weighted by Gasteiger charge is -2.11. The molecule has 0 saturated heterocycles. The zero-order valence-corrected chi connectivity index (χ0v) is 9.09. The molecule has 1 heterocycles. The molecule has 2 nitrogen and oxygen atoms in total. The van der Waals surface area contributed by atoms with E-state index in [1.54, 1.807) is 6.07 Å². The zero-order chi connectivity index (χ0) is 9.97. The number of hydrogen-bond donors (Lipinski definition) is 1. The fourth-order valence-corrected chi connectivity index (χ4v) is 1.77. The monoisotopic (exact) mass is 210 g/mol. The van der Waals surface area contributed by atoms with Crippen molar-refractivity contribution in [3.05, 3.63) is 23.4 Å². The number of nitrogens with one attached hydrogen (secondary N) is 1. The SMILES string of the molecule is CC(CNc1cccc(Cl)n1)C1CC1. The summed E-state index contributed by atoms with van der Waals surface area (Å²) in [5, 5.41) is 3.86. The Morgan fingerprint density at radius 1 is 1.57 bits per heavy atom. The van der Waals surface area contributed by atoms with E-state index in [2.05, 4.69) is 17.2 Å². The average Bonchev–Trinajstić information content (AvgIpc) is 2.97. The highest BCUT2D eigenvalue weighted by molar-refractivity contribution is 6.29. The highest BCUT2D eigenvalue weighted by Gasteiger charge is 2.27. The summed E-state index contributed by atoms with van der Waals surface area (Å²) in [5.41, 5.74) is 0. The molecule has 1 unspecified atom stereocenters. The van der Waals surface area contributed by atoms with Crippen LogP contribution < -0.4 is 5.32 Å². The maximum Gasteiger partial charge on any atom is 0.131 e. The summed E-state index contributed by atoms with van der Waals surface area (Å²) in [4.78, 5) is 4.18. The van der Waals surface area contributed by atoms with Crippen molar-refractivity contribution in [2.75, 3.05) is 11.9 Å². The largest absolute Gasteiger partial charge is 0.370 e. The molecule has 1 N–H and O–H groups in total. The molecule has 14 heavy (non-hydrogen) atoms. The van der Waals surface area contributed by atoms with Crippen molar-refractivity contribution in [2.45, 2.75) is 19.8 Å². The molecule has 0 aromatic carbocycles. The number of hydrogen-bond acceptors (Lipinski definition) is 2. The summed E-state index contributed by atoms with van der Waals surface area (Å²) in [5.74, 6) is 2.56. The molecule has 0 amide bonds. The van der Waals surface area contributed by atoms with E-state index < -0.39 is 0 Å². The lowest BCUT2D eigenvalue weighted by molar-refractivity contribution is 0.536. The molecule has 1 aromatic rings. The van der Waals surface area contributed by atoms with Crippen molar-refractivity contribution < 1.29 is 0 Å². The maximum atomic E-state index is 5.78. The normalized spacial score (nSPS) is 17.9. The number of halogens is 1. The summed E-state index contributed by atoms with van der Waals surface area (Å²) in [6.45, 7) is 3.28. The van der Waals surface area contributed by atoms with Crippen LogP contribution >= 0.6 is 11.6 Å². The van der Waals surface area contributed by atoms with E-state index in [1.165, 1.54) is 12.8 Å². The van der Waals surface area contributed by atoms with Gasteiger partial charge in [0.05, 0.1) is 0 Å². The second-order valence-electron chi connectivity index (χ2n) is 4.04. The van der Waals surface area contributed by atoms with E-state index in [1.807, 2.05) is 12.1 Å². The molecule has 1 atom stereocenters. The van der Waals surface area contributed by atoms with E-state index >= 15 is 0 Å². The first-order valence-corrected chi connectivity index (χ1v) is 5.50. The average molecular weight is 211 g/mol. The van der Waals surface area contributed by atoms with Crippen LogP contribution in [-0.4, -0.2) is 11.5 Å². The minimum Gasteiger partial charge on any atom is -0.370 e. The molecular weight excluding hydrogens is 196 g/mol. The fourth-order valence-electron chi connectivity index (χ4n) is 1.60. The summed E-state index contributed by atoms with van der Waals surface area (Å²) in [6.07, 6.45) is 2.79. The first-order valence-electron chi connectivity index (χ1n) is 5.12. The minimum atomic E-state index is 0.550. The first-order chi connectivity index (χ1) is 6.75. The van der Waals surface area contributed by atoms with Crippen molar-refractivity contribution in [1.29, 1.82) is 0 Å². The predicted molar refractivity (Wildman–Crippen MR) is 59.6 cm³/mol. The van der Waals surface area contributed by atoms with Gasteiger partial charge in [-0.05, 0) is 36.8 Å². The summed E-state index contributed by atoms with van der Waals surface area (Å²) in [6, 6.07) is 5.65. The molecule has 1 fully saturated rings. The van der Waals surface area contributed by atoms with Gasteiger partial charge in [0.2, 0.25) is 0 Å². The molecular formula is C11H15ClN2. The Labute approximate surface area is 89.7 Å². The standard InChI is InChI=1S/C11H15ClN2/c1-8(9-5-6-9)7-13-11-4-2-3-10(12)14-11/h2-4,8-9H,5-7H2,1H3,(H,13,14). The van der Waals surface area contributed by atoms with Crippen molar-refractivity contribution in [3.63, 3.8) is 0 Å². The van der Waals surface area contributed by atoms with Gasteiger partial charge in [-0.15, -0.1) is 0 Å². The summed E-state index contributed by atoms with van der Waals surface area (Å²) >= 11 is 5.78. The quantitative estimate of drug-likeness (QED) is 0.773. The van der Waals surface area contributed by atoms with Crippen LogP contribution in [0.1, 0.15) is 19.8 Å². The van der Waals surface area contributed by atoms with Gasteiger partial charge in [0, 0.05) is 6.54 Å². The molecule has 1 saturated carbocycles. The van der Waals surface area contributed by atoms with Gasteiger partial charge >= 0.3 is 0 Å². The van der Waals surface area contributed by atoms with E-state index in [9.17, 15) is 0 Å². The van der Waals surface area contributed by atoms with E-state index in [0.717, 1.165) is 24.2 Å². The molecule has 76 valence electrons. The van der Waals surface area contributed by atoms with Gasteiger partial charge in [-0.1, -0.05) is 24.6 Å². The van der Waals surface area contributed by atoms with Gasteiger partial charge in [0.25, 0.3) is 0 Å². The molecule has 1 aromatic heterocycles. The van der Waals surface area contributed by atoms with Crippen molar-refractivity contribution >= 4 is 17.4 Å². The van der Waals surface area contributed by atoms with E-state index in [-0.39, 0.29) is 0 Å². The Morgan fingerprint density at radius 3 is 3.00 bits per heavy atom. The van der Waals surface area contributed by atoms with E-state index in [4.69, 9.17) is 11.6 Å². The third-order valence-corrected chi connectivity index (χ3v) is 2.96. The third kappa shape index (κ3) is 2.61. The molecule has 3 heteroatoms. The first kappa shape index (κ1) is 9.78. The number of pyridine rings is 1. The number of aromatic nitrogens is 1. The van der Waals surface area contributed by atoms with Crippen LogP contribution in [0.5, 0.6) is 0 Å². The second-order valence-corrected chi connectivity index (χ2v) is 4.43. The van der Waals surface area contributed by atoms with Gasteiger partial charge in [-0.25, -0.2) is 4.98 Å². The Kier molecular flexibility index (Phi) is 2.92. The molecule has 0 aliphatic heterocycles. The predicted octanol–water partition coefficient (Wildman–Crippen LogP) is 3.19. The Balaban J connectivity index is 1.84. The van der Waals surface area contributed by atoms with Crippen LogP contribution in [0.25, 0.3) is 0 Å². The van der Waals surface area contributed by atoms with Gasteiger partial charge in [-0.2, -0.15) is 0 Å².